The third-order valence-corrected chi connectivity index (χ3v) is 5.10. The fourth-order valence-corrected chi connectivity index (χ4v) is 3.20. The van der Waals surface area contributed by atoms with E-state index in [9.17, 15) is 4.79 Å². The van der Waals surface area contributed by atoms with Gasteiger partial charge in [0.05, 0.1) is 13.0 Å². The Morgan fingerprint density at radius 1 is 0.654 bits per heavy atom. The first-order chi connectivity index (χ1) is 12.7. The van der Waals surface area contributed by atoms with Crippen molar-refractivity contribution in [1.82, 2.24) is 4.90 Å². The number of nitrogens with zero attached hydrogens (tertiary/aromatic N) is 1. The van der Waals surface area contributed by atoms with E-state index < -0.39 is 0 Å². The van der Waals surface area contributed by atoms with Crippen LogP contribution in [-0.2, 0) is 9.53 Å². The largest absolute Gasteiger partial charge is 0.466 e. The molecule has 0 heterocycles. The third-order valence-electron chi connectivity index (χ3n) is 5.10. The van der Waals surface area contributed by atoms with Gasteiger partial charge >= 0.3 is 5.97 Å². The minimum atomic E-state index is -0.0349. The van der Waals surface area contributed by atoms with Gasteiger partial charge in [-0.25, -0.2) is 0 Å². The van der Waals surface area contributed by atoms with Crippen LogP contribution in [0.5, 0.6) is 0 Å². The Kier molecular flexibility index (Phi) is 20.3. The van der Waals surface area contributed by atoms with Crippen molar-refractivity contribution in [3.63, 3.8) is 0 Å². The zero-order valence-corrected chi connectivity index (χ0v) is 18.2. The Morgan fingerprint density at radius 2 is 1.12 bits per heavy atom. The zero-order chi connectivity index (χ0) is 19.3. The van der Waals surface area contributed by atoms with Gasteiger partial charge in [-0.2, -0.15) is 0 Å². The predicted octanol–water partition coefficient (Wildman–Crippen LogP) is 6.74. The second kappa shape index (κ2) is 20.7. The number of unbranched alkanes of at least 4 members (excludes halogenated alkanes) is 13. The lowest BCUT2D eigenvalue weighted by atomic mass is 10.0. The van der Waals surface area contributed by atoms with Gasteiger partial charge in [0.15, 0.2) is 0 Å². The van der Waals surface area contributed by atoms with Gasteiger partial charge in [0.25, 0.3) is 0 Å². The molecule has 0 bridgehead atoms. The topological polar surface area (TPSA) is 29.5 Å². The van der Waals surface area contributed by atoms with Gasteiger partial charge in [-0.15, -0.1) is 0 Å². The summed E-state index contributed by atoms with van der Waals surface area (Å²) >= 11 is 0. The molecule has 3 heteroatoms. The summed E-state index contributed by atoms with van der Waals surface area (Å²) in [5, 5.41) is 0. The summed E-state index contributed by atoms with van der Waals surface area (Å²) in [6.45, 7) is 6.96. The van der Waals surface area contributed by atoms with E-state index in [0.717, 1.165) is 19.5 Å². The average Bonchev–Trinajstić information content (AvgIpc) is 2.64. The second-order valence-electron chi connectivity index (χ2n) is 7.87. The molecule has 0 amide bonds. The number of ether oxygens (including phenoxy) is 1. The molecule has 0 radical (unpaired) electrons. The highest BCUT2D eigenvalue weighted by molar-refractivity contribution is 5.69. The molecule has 0 aliphatic rings. The van der Waals surface area contributed by atoms with Gasteiger partial charge in [-0.05, 0) is 26.4 Å². The molecule has 0 aromatic rings. The Balaban J connectivity index is 3.19. The summed E-state index contributed by atoms with van der Waals surface area (Å²) in [7, 11) is 2.08. The average molecular weight is 370 g/mol. The van der Waals surface area contributed by atoms with Crippen molar-refractivity contribution in [3.8, 4) is 0 Å². The number of hydrogen-bond acceptors (Lipinski definition) is 3. The maximum atomic E-state index is 11.7. The molecule has 0 aliphatic carbocycles. The molecule has 156 valence electrons. The van der Waals surface area contributed by atoms with E-state index in [1.807, 2.05) is 0 Å². The van der Waals surface area contributed by atoms with Crippen LogP contribution in [0.2, 0.25) is 0 Å². The van der Waals surface area contributed by atoms with Crippen LogP contribution in [0.1, 0.15) is 117 Å². The van der Waals surface area contributed by atoms with Crippen molar-refractivity contribution in [1.29, 1.82) is 0 Å². The quantitative estimate of drug-likeness (QED) is 0.176. The normalized spacial score (nSPS) is 11.2. The maximum Gasteiger partial charge on any atom is 0.307 e. The molecule has 0 atom stereocenters. The van der Waals surface area contributed by atoms with Crippen LogP contribution in [0.4, 0.5) is 0 Å². The molecule has 0 unspecified atom stereocenters. The van der Waals surface area contributed by atoms with Crippen molar-refractivity contribution in [2.24, 2.45) is 0 Å². The third kappa shape index (κ3) is 19.8. The lowest BCUT2D eigenvalue weighted by molar-refractivity contribution is -0.144. The van der Waals surface area contributed by atoms with Gasteiger partial charge in [-0.1, -0.05) is 97.3 Å². The molecular weight excluding hydrogens is 322 g/mol. The molecular formula is C23H47NO2. The van der Waals surface area contributed by atoms with Crippen LogP contribution in [-0.4, -0.2) is 37.6 Å². The van der Waals surface area contributed by atoms with Crippen LogP contribution >= 0.6 is 0 Å². The Bertz CT molecular complexity index is 294. The maximum absolute atomic E-state index is 11.7. The SMILES string of the molecule is CCCCCCCCCCCCCCCOC(=O)CCN(C)CCCC. The van der Waals surface area contributed by atoms with Gasteiger partial charge in [-0.3, -0.25) is 4.79 Å². The van der Waals surface area contributed by atoms with Crippen molar-refractivity contribution in [2.75, 3.05) is 26.7 Å². The number of carbonyl (C=O) groups excluding carboxylic acids is 1. The van der Waals surface area contributed by atoms with Crippen LogP contribution < -0.4 is 0 Å². The standard InChI is InChI=1S/C23H47NO2/c1-4-6-8-9-10-11-12-13-14-15-16-17-18-22-26-23(25)19-21-24(3)20-7-5-2/h4-22H2,1-3H3. The van der Waals surface area contributed by atoms with Crippen molar-refractivity contribution < 1.29 is 9.53 Å². The molecule has 0 N–H and O–H groups in total. The smallest absolute Gasteiger partial charge is 0.307 e. The van der Waals surface area contributed by atoms with Crippen LogP contribution in [0.3, 0.4) is 0 Å². The van der Waals surface area contributed by atoms with E-state index in [0.29, 0.717) is 13.0 Å². The van der Waals surface area contributed by atoms with Crippen LogP contribution in [0, 0.1) is 0 Å². The van der Waals surface area contributed by atoms with Crippen LogP contribution in [0.15, 0.2) is 0 Å². The first-order valence-electron chi connectivity index (χ1n) is 11.5. The second-order valence-corrected chi connectivity index (χ2v) is 7.87. The Hall–Kier alpha value is -0.570. The summed E-state index contributed by atoms with van der Waals surface area (Å²) in [4.78, 5) is 13.9. The molecule has 0 aliphatic heterocycles. The molecule has 26 heavy (non-hydrogen) atoms. The van der Waals surface area contributed by atoms with E-state index in [1.165, 1.54) is 89.9 Å². The van der Waals surface area contributed by atoms with Gasteiger partial charge in [0.1, 0.15) is 0 Å². The molecule has 0 spiro atoms. The minimum Gasteiger partial charge on any atom is -0.466 e. The van der Waals surface area contributed by atoms with Crippen molar-refractivity contribution >= 4 is 5.97 Å². The van der Waals surface area contributed by atoms with E-state index in [-0.39, 0.29) is 5.97 Å². The first-order valence-corrected chi connectivity index (χ1v) is 11.5. The lowest BCUT2D eigenvalue weighted by Gasteiger charge is -2.15. The summed E-state index contributed by atoms with van der Waals surface area (Å²) < 4.78 is 5.33. The monoisotopic (exact) mass is 369 g/mol. The number of carbonyl (C=O) groups is 1. The Labute approximate surface area is 164 Å². The van der Waals surface area contributed by atoms with Gasteiger partial charge < -0.3 is 9.64 Å². The van der Waals surface area contributed by atoms with Crippen LogP contribution in [0.25, 0.3) is 0 Å². The molecule has 0 saturated carbocycles. The predicted molar refractivity (Wildman–Crippen MR) is 114 cm³/mol. The van der Waals surface area contributed by atoms with Gasteiger partial charge in [0.2, 0.25) is 0 Å². The van der Waals surface area contributed by atoms with Gasteiger partial charge in [0, 0.05) is 6.54 Å². The number of hydrogen-bond donors (Lipinski definition) is 0. The highest BCUT2D eigenvalue weighted by Crippen LogP contribution is 2.12. The van der Waals surface area contributed by atoms with E-state index in [4.69, 9.17) is 4.74 Å². The number of rotatable bonds is 20. The summed E-state index contributed by atoms with van der Waals surface area (Å²) in [6.07, 6.45) is 20.4. The lowest BCUT2D eigenvalue weighted by Crippen LogP contribution is -2.23. The fraction of sp³-hybridized carbons (Fsp3) is 0.957. The molecule has 0 aromatic heterocycles. The molecule has 0 saturated heterocycles. The molecule has 3 nitrogen and oxygen atoms in total. The number of esters is 1. The summed E-state index contributed by atoms with van der Waals surface area (Å²) in [6, 6.07) is 0. The summed E-state index contributed by atoms with van der Waals surface area (Å²) in [5.74, 6) is -0.0349. The van der Waals surface area contributed by atoms with Crippen molar-refractivity contribution in [3.05, 3.63) is 0 Å². The highest BCUT2D eigenvalue weighted by Gasteiger charge is 2.05. The van der Waals surface area contributed by atoms with E-state index in [2.05, 4.69) is 25.8 Å². The summed E-state index contributed by atoms with van der Waals surface area (Å²) in [5.41, 5.74) is 0. The first kappa shape index (κ1) is 25.4. The zero-order valence-electron chi connectivity index (χ0n) is 18.2. The molecule has 0 rings (SSSR count). The van der Waals surface area contributed by atoms with E-state index in [1.54, 1.807) is 0 Å². The molecule has 0 aromatic carbocycles. The fourth-order valence-electron chi connectivity index (χ4n) is 3.20. The Morgan fingerprint density at radius 3 is 1.62 bits per heavy atom. The minimum absolute atomic E-state index is 0.0349. The molecule has 0 fully saturated rings. The van der Waals surface area contributed by atoms with Crippen molar-refractivity contribution in [2.45, 2.75) is 117 Å². The highest BCUT2D eigenvalue weighted by atomic mass is 16.5. The van der Waals surface area contributed by atoms with E-state index >= 15 is 0 Å².